The molecule has 0 aliphatic heterocycles. The fourth-order valence-electron chi connectivity index (χ4n) is 1.97. The minimum Gasteiger partial charge on any atom is -0.224 e. The number of rotatable bonds is 5. The van der Waals surface area contributed by atoms with Crippen LogP contribution in [0.5, 0.6) is 0 Å². The first kappa shape index (κ1) is 16.7. The maximum absolute atomic E-state index is 12.2. The number of aryl methyl sites for hydroxylation is 1. The van der Waals surface area contributed by atoms with E-state index in [1.807, 2.05) is 0 Å². The Morgan fingerprint density at radius 3 is 2.05 bits per heavy atom. The molecule has 0 saturated carbocycles. The first-order valence-electron chi connectivity index (χ1n) is 6.54. The predicted molar refractivity (Wildman–Crippen MR) is 84.8 cm³/mol. The first-order valence-corrected chi connectivity index (χ1v) is 9.92. The van der Waals surface area contributed by atoms with E-state index in [0.29, 0.717) is 11.1 Å². The molecule has 0 aliphatic rings. The molecular formula is C15H17NO4S2. The van der Waals surface area contributed by atoms with Crippen LogP contribution < -0.4 is 4.72 Å². The average molecular weight is 339 g/mol. The standard InChI is InChI=1S/C15H17NO4S2/c1-12-5-3-4-6-15(12)22(19,20)16-11-13-7-9-14(10-8-13)21(2,17)18/h3-10,16H,11H2,1-2H3. The van der Waals surface area contributed by atoms with E-state index in [0.717, 1.165) is 6.26 Å². The highest BCUT2D eigenvalue weighted by molar-refractivity contribution is 7.90. The fourth-order valence-corrected chi connectivity index (χ4v) is 3.86. The molecule has 0 spiro atoms. The second kappa shape index (κ2) is 6.20. The lowest BCUT2D eigenvalue weighted by atomic mass is 10.2. The van der Waals surface area contributed by atoms with E-state index in [1.54, 1.807) is 43.3 Å². The lowest BCUT2D eigenvalue weighted by Crippen LogP contribution is -2.24. The van der Waals surface area contributed by atoms with E-state index in [4.69, 9.17) is 0 Å². The lowest BCUT2D eigenvalue weighted by molar-refractivity contribution is 0.580. The van der Waals surface area contributed by atoms with Gasteiger partial charge in [-0.2, -0.15) is 0 Å². The van der Waals surface area contributed by atoms with Crippen LogP contribution in [0.2, 0.25) is 0 Å². The van der Waals surface area contributed by atoms with Gasteiger partial charge in [0.2, 0.25) is 10.0 Å². The molecule has 2 aromatic rings. The summed E-state index contributed by atoms with van der Waals surface area (Å²) in [6.07, 6.45) is 1.13. The van der Waals surface area contributed by atoms with Gasteiger partial charge < -0.3 is 0 Å². The maximum atomic E-state index is 12.2. The van der Waals surface area contributed by atoms with Crippen molar-refractivity contribution in [3.8, 4) is 0 Å². The van der Waals surface area contributed by atoms with E-state index < -0.39 is 19.9 Å². The molecule has 0 radical (unpaired) electrons. The number of hydrogen-bond donors (Lipinski definition) is 1. The molecule has 0 aliphatic carbocycles. The molecule has 1 N–H and O–H groups in total. The normalized spacial score (nSPS) is 12.3. The second-order valence-corrected chi connectivity index (χ2v) is 8.76. The second-order valence-electron chi connectivity index (χ2n) is 5.01. The summed E-state index contributed by atoms with van der Waals surface area (Å²) in [7, 11) is -6.85. The SMILES string of the molecule is Cc1ccccc1S(=O)(=O)NCc1ccc(S(C)(=O)=O)cc1. The van der Waals surface area contributed by atoms with E-state index in [-0.39, 0.29) is 16.3 Å². The molecule has 5 nitrogen and oxygen atoms in total. The van der Waals surface area contributed by atoms with Gasteiger partial charge in [-0.1, -0.05) is 30.3 Å². The van der Waals surface area contributed by atoms with Crippen molar-refractivity contribution in [2.45, 2.75) is 23.3 Å². The van der Waals surface area contributed by atoms with E-state index in [9.17, 15) is 16.8 Å². The van der Waals surface area contributed by atoms with Crippen LogP contribution in [0, 0.1) is 6.92 Å². The van der Waals surface area contributed by atoms with Gasteiger partial charge in [0.05, 0.1) is 9.79 Å². The largest absolute Gasteiger partial charge is 0.241 e. The highest BCUT2D eigenvalue weighted by Crippen LogP contribution is 2.15. The van der Waals surface area contributed by atoms with Crippen LogP contribution in [-0.2, 0) is 26.4 Å². The zero-order valence-electron chi connectivity index (χ0n) is 12.3. The smallest absolute Gasteiger partial charge is 0.224 e. The average Bonchev–Trinajstić information content (AvgIpc) is 2.45. The summed E-state index contributed by atoms with van der Waals surface area (Å²) in [5, 5.41) is 0. The molecule has 22 heavy (non-hydrogen) atoms. The summed E-state index contributed by atoms with van der Waals surface area (Å²) in [5.74, 6) is 0. The molecule has 2 aromatic carbocycles. The quantitative estimate of drug-likeness (QED) is 0.902. The summed E-state index contributed by atoms with van der Waals surface area (Å²) in [5.41, 5.74) is 1.35. The summed E-state index contributed by atoms with van der Waals surface area (Å²) in [4.78, 5) is 0.445. The summed E-state index contributed by atoms with van der Waals surface area (Å²) in [6, 6.07) is 12.8. The summed E-state index contributed by atoms with van der Waals surface area (Å²) in [6.45, 7) is 1.83. The Morgan fingerprint density at radius 2 is 1.50 bits per heavy atom. The van der Waals surface area contributed by atoms with E-state index in [2.05, 4.69) is 4.72 Å². The molecule has 0 heterocycles. The summed E-state index contributed by atoms with van der Waals surface area (Å²) < 4.78 is 49.7. The lowest BCUT2D eigenvalue weighted by Gasteiger charge is -2.09. The minimum atomic E-state index is -3.60. The molecule has 0 saturated heterocycles. The Morgan fingerprint density at radius 1 is 0.909 bits per heavy atom. The van der Waals surface area contributed by atoms with Crippen LogP contribution in [0.4, 0.5) is 0 Å². The highest BCUT2D eigenvalue weighted by atomic mass is 32.2. The molecule has 118 valence electrons. The number of sulfonamides is 1. The molecule has 2 rings (SSSR count). The van der Waals surface area contributed by atoms with Crippen molar-refractivity contribution in [1.29, 1.82) is 0 Å². The zero-order valence-corrected chi connectivity index (χ0v) is 13.9. The Bertz CT molecular complexity index is 870. The third-order valence-electron chi connectivity index (χ3n) is 3.20. The number of hydrogen-bond acceptors (Lipinski definition) is 4. The molecule has 0 aromatic heterocycles. The van der Waals surface area contributed by atoms with Crippen molar-refractivity contribution in [3.05, 3.63) is 59.7 Å². The summed E-state index contributed by atoms with van der Waals surface area (Å²) >= 11 is 0. The van der Waals surface area contributed by atoms with Crippen LogP contribution in [-0.4, -0.2) is 23.1 Å². The third kappa shape index (κ3) is 3.94. The van der Waals surface area contributed by atoms with Crippen molar-refractivity contribution in [1.82, 2.24) is 4.72 Å². The van der Waals surface area contributed by atoms with Gasteiger partial charge in [0.1, 0.15) is 0 Å². The molecule has 0 unspecified atom stereocenters. The van der Waals surface area contributed by atoms with Gasteiger partial charge in [-0.15, -0.1) is 0 Å². The van der Waals surface area contributed by atoms with Gasteiger partial charge >= 0.3 is 0 Å². The molecule has 0 atom stereocenters. The van der Waals surface area contributed by atoms with Gasteiger partial charge in [-0.3, -0.25) is 0 Å². The van der Waals surface area contributed by atoms with Crippen molar-refractivity contribution in [2.75, 3.05) is 6.26 Å². The molecule has 0 fully saturated rings. The number of sulfone groups is 1. The Hall–Kier alpha value is -1.70. The number of benzene rings is 2. The van der Waals surface area contributed by atoms with Crippen LogP contribution in [0.3, 0.4) is 0 Å². The van der Waals surface area contributed by atoms with Crippen molar-refractivity contribution in [2.24, 2.45) is 0 Å². The third-order valence-corrected chi connectivity index (χ3v) is 5.89. The van der Waals surface area contributed by atoms with Crippen LogP contribution in [0.1, 0.15) is 11.1 Å². The van der Waals surface area contributed by atoms with E-state index >= 15 is 0 Å². The minimum absolute atomic E-state index is 0.0979. The monoisotopic (exact) mass is 339 g/mol. The first-order chi connectivity index (χ1) is 10.2. The predicted octanol–water partition coefficient (Wildman–Crippen LogP) is 1.88. The van der Waals surface area contributed by atoms with Crippen LogP contribution >= 0.6 is 0 Å². The van der Waals surface area contributed by atoms with Crippen molar-refractivity contribution < 1.29 is 16.8 Å². The van der Waals surface area contributed by atoms with Crippen molar-refractivity contribution >= 4 is 19.9 Å². The number of nitrogens with one attached hydrogen (secondary N) is 1. The Balaban J connectivity index is 2.15. The molecule has 0 bridgehead atoms. The molecule has 0 amide bonds. The molecule has 7 heteroatoms. The Kier molecular flexibility index (Phi) is 4.69. The highest BCUT2D eigenvalue weighted by Gasteiger charge is 2.15. The molecular weight excluding hydrogens is 322 g/mol. The van der Waals surface area contributed by atoms with Crippen molar-refractivity contribution in [3.63, 3.8) is 0 Å². The van der Waals surface area contributed by atoms with Crippen LogP contribution in [0.25, 0.3) is 0 Å². The fraction of sp³-hybridized carbons (Fsp3) is 0.200. The van der Waals surface area contributed by atoms with Gasteiger partial charge in [-0.05, 0) is 36.2 Å². The topological polar surface area (TPSA) is 80.3 Å². The van der Waals surface area contributed by atoms with Gasteiger partial charge in [0.25, 0.3) is 0 Å². The van der Waals surface area contributed by atoms with Gasteiger partial charge in [-0.25, -0.2) is 21.6 Å². The van der Waals surface area contributed by atoms with Crippen LogP contribution in [0.15, 0.2) is 58.3 Å². The maximum Gasteiger partial charge on any atom is 0.241 e. The zero-order chi connectivity index (χ0) is 16.4. The van der Waals surface area contributed by atoms with Gasteiger partial charge in [0.15, 0.2) is 9.84 Å². The Labute approximate surface area is 131 Å². The van der Waals surface area contributed by atoms with E-state index in [1.165, 1.54) is 12.1 Å². The van der Waals surface area contributed by atoms with Gasteiger partial charge in [0, 0.05) is 12.8 Å².